The third-order valence-electron chi connectivity index (χ3n) is 4.29. The molecule has 5 nitrogen and oxygen atoms in total. The van der Waals surface area contributed by atoms with Gasteiger partial charge in [-0.2, -0.15) is 0 Å². The maximum atomic E-state index is 12.7. The van der Waals surface area contributed by atoms with E-state index in [2.05, 4.69) is 5.32 Å². The summed E-state index contributed by atoms with van der Waals surface area (Å²) in [7, 11) is 0. The van der Waals surface area contributed by atoms with Gasteiger partial charge in [0, 0.05) is 23.4 Å². The summed E-state index contributed by atoms with van der Waals surface area (Å²) in [6.45, 7) is 5.06. The molecule has 2 aromatic rings. The molecule has 3 rings (SSSR count). The van der Waals surface area contributed by atoms with E-state index >= 15 is 0 Å². The summed E-state index contributed by atoms with van der Waals surface area (Å²) in [6.07, 6.45) is 0.0380. The van der Waals surface area contributed by atoms with Gasteiger partial charge in [-0.3, -0.25) is 9.59 Å². The quantitative estimate of drug-likeness (QED) is 0.935. The number of rotatable bonds is 3. The first-order valence-corrected chi connectivity index (χ1v) is 8.43. The van der Waals surface area contributed by atoms with Crippen LogP contribution >= 0.6 is 0 Å². The van der Waals surface area contributed by atoms with Gasteiger partial charge >= 0.3 is 0 Å². The third-order valence-corrected chi connectivity index (χ3v) is 4.29. The maximum Gasteiger partial charge on any atom is 0.255 e. The van der Waals surface area contributed by atoms with Crippen LogP contribution in [-0.2, 0) is 4.74 Å². The van der Waals surface area contributed by atoms with Gasteiger partial charge in [0.1, 0.15) is 0 Å². The molecule has 0 aromatic heterocycles. The molecule has 2 amide bonds. The second-order valence-corrected chi connectivity index (χ2v) is 6.35. The second kappa shape index (κ2) is 7.49. The molecular weight excluding hydrogens is 316 g/mol. The molecule has 0 unspecified atom stereocenters. The van der Waals surface area contributed by atoms with Crippen LogP contribution in [0.25, 0.3) is 0 Å². The van der Waals surface area contributed by atoms with E-state index in [-0.39, 0.29) is 24.0 Å². The summed E-state index contributed by atoms with van der Waals surface area (Å²) in [4.78, 5) is 26.8. The highest BCUT2D eigenvalue weighted by atomic mass is 16.5. The van der Waals surface area contributed by atoms with E-state index in [0.717, 1.165) is 5.69 Å². The van der Waals surface area contributed by atoms with Crippen molar-refractivity contribution in [2.75, 3.05) is 18.5 Å². The molecule has 130 valence electrons. The highest BCUT2D eigenvalue weighted by molar-refractivity contribution is 6.05. The number of amides is 2. The molecule has 2 aromatic carbocycles. The van der Waals surface area contributed by atoms with Gasteiger partial charge < -0.3 is 15.0 Å². The van der Waals surface area contributed by atoms with Gasteiger partial charge in [0.25, 0.3) is 11.8 Å². The molecule has 1 N–H and O–H groups in total. The van der Waals surface area contributed by atoms with Gasteiger partial charge in [0.2, 0.25) is 0 Å². The molecule has 0 bridgehead atoms. The highest BCUT2D eigenvalue weighted by Gasteiger charge is 2.28. The topological polar surface area (TPSA) is 58.6 Å². The van der Waals surface area contributed by atoms with Gasteiger partial charge in [-0.15, -0.1) is 0 Å². The molecule has 0 aliphatic carbocycles. The minimum atomic E-state index is -0.196. The van der Waals surface area contributed by atoms with Crippen molar-refractivity contribution in [1.29, 1.82) is 0 Å². The molecule has 1 saturated heterocycles. The number of carbonyl (C=O) groups excluding carboxylic acids is 2. The Hall–Kier alpha value is -2.66. The van der Waals surface area contributed by atoms with Crippen LogP contribution in [0.15, 0.2) is 54.6 Å². The normalized spacial score (nSPS) is 20.2. The molecule has 0 spiro atoms. The maximum absolute atomic E-state index is 12.7. The molecule has 5 heteroatoms. The zero-order chi connectivity index (χ0) is 17.8. The van der Waals surface area contributed by atoms with Crippen LogP contribution in [0.1, 0.15) is 34.6 Å². The monoisotopic (exact) mass is 338 g/mol. The van der Waals surface area contributed by atoms with Gasteiger partial charge in [0.05, 0.1) is 18.8 Å². The number of anilines is 1. The van der Waals surface area contributed by atoms with Crippen molar-refractivity contribution < 1.29 is 14.3 Å². The Bertz CT molecular complexity index is 743. The molecule has 2 atom stereocenters. The lowest BCUT2D eigenvalue weighted by Crippen LogP contribution is -2.50. The van der Waals surface area contributed by atoms with Gasteiger partial charge in [0.15, 0.2) is 0 Å². The lowest BCUT2D eigenvalue weighted by Gasteiger charge is -2.36. The Balaban J connectivity index is 1.69. The van der Waals surface area contributed by atoms with Crippen molar-refractivity contribution >= 4 is 17.5 Å². The van der Waals surface area contributed by atoms with Crippen molar-refractivity contribution in [1.82, 2.24) is 4.90 Å². The van der Waals surface area contributed by atoms with Crippen molar-refractivity contribution in [3.8, 4) is 0 Å². The van der Waals surface area contributed by atoms with Crippen molar-refractivity contribution in [2.24, 2.45) is 0 Å². The third kappa shape index (κ3) is 4.06. The minimum Gasteiger partial charge on any atom is -0.375 e. The van der Waals surface area contributed by atoms with Crippen LogP contribution in [0.5, 0.6) is 0 Å². The summed E-state index contributed by atoms with van der Waals surface area (Å²) in [6, 6.07) is 16.1. The summed E-state index contributed by atoms with van der Waals surface area (Å²) in [5.74, 6) is -0.226. The molecule has 0 radical (unpaired) electrons. The number of ether oxygens (including phenoxy) is 1. The number of nitrogens with one attached hydrogen (secondary N) is 1. The van der Waals surface area contributed by atoms with Crippen LogP contribution < -0.4 is 5.32 Å². The Morgan fingerprint density at radius 1 is 1.00 bits per heavy atom. The Morgan fingerprint density at radius 2 is 1.64 bits per heavy atom. The second-order valence-electron chi connectivity index (χ2n) is 6.35. The molecule has 1 heterocycles. The zero-order valence-corrected chi connectivity index (χ0v) is 14.4. The first kappa shape index (κ1) is 17.2. The molecule has 1 fully saturated rings. The number of nitrogens with zero attached hydrogens (tertiary/aromatic N) is 1. The van der Waals surface area contributed by atoms with E-state index in [4.69, 9.17) is 4.74 Å². The number of para-hydroxylation sites is 1. The van der Waals surface area contributed by atoms with Crippen molar-refractivity contribution in [3.63, 3.8) is 0 Å². The molecule has 1 aliphatic heterocycles. The Labute approximate surface area is 147 Å². The average Bonchev–Trinajstić information content (AvgIpc) is 2.64. The predicted octanol–water partition coefficient (Wildman–Crippen LogP) is 3.19. The standard InChI is InChI=1S/C20H22N2O3/c1-14-13-25-15(2)12-22(14)20(24)17-10-8-16(9-11-17)19(23)21-18-6-4-3-5-7-18/h3-11,14-15H,12-13H2,1-2H3,(H,21,23)/t14-,15+/m0/s1. The lowest BCUT2D eigenvalue weighted by molar-refractivity contribution is -0.0387. The lowest BCUT2D eigenvalue weighted by atomic mass is 10.1. The number of benzene rings is 2. The van der Waals surface area contributed by atoms with E-state index in [9.17, 15) is 9.59 Å². The Kier molecular flexibility index (Phi) is 5.14. The molecule has 0 saturated carbocycles. The van der Waals surface area contributed by atoms with E-state index in [1.165, 1.54) is 0 Å². The van der Waals surface area contributed by atoms with Crippen molar-refractivity contribution in [2.45, 2.75) is 26.0 Å². The fraction of sp³-hybridized carbons (Fsp3) is 0.300. The van der Waals surface area contributed by atoms with Crippen LogP contribution in [-0.4, -0.2) is 42.0 Å². The summed E-state index contributed by atoms with van der Waals surface area (Å²) >= 11 is 0. The van der Waals surface area contributed by atoms with E-state index in [1.54, 1.807) is 24.3 Å². The van der Waals surface area contributed by atoms with E-state index in [0.29, 0.717) is 24.3 Å². The number of morpholine rings is 1. The first-order valence-electron chi connectivity index (χ1n) is 8.43. The van der Waals surface area contributed by atoms with E-state index in [1.807, 2.05) is 49.1 Å². The van der Waals surface area contributed by atoms with Crippen LogP contribution in [0.4, 0.5) is 5.69 Å². The van der Waals surface area contributed by atoms with Gasteiger partial charge in [-0.1, -0.05) is 18.2 Å². The van der Waals surface area contributed by atoms with E-state index < -0.39 is 0 Å². The van der Waals surface area contributed by atoms with Gasteiger partial charge in [-0.05, 0) is 50.2 Å². The van der Waals surface area contributed by atoms with Crippen molar-refractivity contribution in [3.05, 3.63) is 65.7 Å². The summed E-state index contributed by atoms with van der Waals surface area (Å²) in [5.41, 5.74) is 1.84. The number of hydrogen-bond acceptors (Lipinski definition) is 3. The van der Waals surface area contributed by atoms with Crippen LogP contribution in [0.2, 0.25) is 0 Å². The summed E-state index contributed by atoms with van der Waals surface area (Å²) < 4.78 is 5.57. The smallest absolute Gasteiger partial charge is 0.255 e. The highest BCUT2D eigenvalue weighted by Crippen LogP contribution is 2.16. The van der Waals surface area contributed by atoms with Crippen LogP contribution in [0.3, 0.4) is 0 Å². The predicted molar refractivity (Wildman–Crippen MR) is 96.7 cm³/mol. The fourth-order valence-corrected chi connectivity index (χ4v) is 2.84. The van der Waals surface area contributed by atoms with Gasteiger partial charge in [-0.25, -0.2) is 0 Å². The minimum absolute atomic E-state index is 0.0299. The van der Waals surface area contributed by atoms with Crippen LogP contribution in [0, 0.1) is 0 Å². The molecule has 1 aliphatic rings. The summed E-state index contributed by atoms with van der Waals surface area (Å²) in [5, 5.41) is 2.83. The average molecular weight is 338 g/mol. The number of carbonyl (C=O) groups is 2. The number of hydrogen-bond donors (Lipinski definition) is 1. The fourth-order valence-electron chi connectivity index (χ4n) is 2.84. The zero-order valence-electron chi connectivity index (χ0n) is 14.4. The molecule has 25 heavy (non-hydrogen) atoms. The first-order chi connectivity index (χ1) is 12.0. The Morgan fingerprint density at radius 3 is 2.32 bits per heavy atom. The molecular formula is C20H22N2O3. The largest absolute Gasteiger partial charge is 0.375 e. The SMILES string of the molecule is C[C@@H]1CN(C(=O)c2ccc(C(=O)Nc3ccccc3)cc2)[C@@H](C)CO1.